The number of hydrazine groups is 1. The molecule has 1 fully saturated rings. The molecule has 0 radical (unpaired) electrons. The Morgan fingerprint density at radius 2 is 2.06 bits per heavy atom. The van der Waals surface area contributed by atoms with Crippen LogP contribution in [0.15, 0.2) is 17.6 Å². The first-order chi connectivity index (χ1) is 7.58. The predicted octanol–water partition coefficient (Wildman–Crippen LogP) is -1.15. The Bertz CT molecular complexity index is 421. The lowest BCUT2D eigenvalue weighted by atomic mass is 10.4. The van der Waals surface area contributed by atoms with Gasteiger partial charge in [-0.25, -0.2) is 18.4 Å². The van der Waals surface area contributed by atoms with Crippen LogP contribution in [0.2, 0.25) is 0 Å². The second-order valence-electron chi connectivity index (χ2n) is 3.80. The van der Waals surface area contributed by atoms with Crippen molar-refractivity contribution in [3.63, 3.8) is 0 Å². The van der Waals surface area contributed by atoms with E-state index in [-0.39, 0.29) is 5.03 Å². The van der Waals surface area contributed by atoms with Crippen LogP contribution in [0.1, 0.15) is 0 Å². The Labute approximate surface area is 94.5 Å². The average Bonchev–Trinajstić information content (AvgIpc) is 2.75. The number of aromatic nitrogens is 2. The standard InChI is InChI=1S/C8H15N5O2S/c1-12-2-4-13(5-3-12)11-16(14,15)8-6-9-7-10-8/h6-7,11H,2-5H2,1H3,(H,9,10). The van der Waals surface area contributed by atoms with Gasteiger partial charge in [0.2, 0.25) is 0 Å². The van der Waals surface area contributed by atoms with Crippen molar-refractivity contribution in [2.24, 2.45) is 0 Å². The lowest BCUT2D eigenvalue weighted by Gasteiger charge is -2.31. The summed E-state index contributed by atoms with van der Waals surface area (Å²) < 4.78 is 23.6. The van der Waals surface area contributed by atoms with Gasteiger partial charge < -0.3 is 9.88 Å². The topological polar surface area (TPSA) is 81.3 Å². The zero-order valence-corrected chi connectivity index (χ0v) is 9.87. The molecule has 0 amide bonds. The van der Waals surface area contributed by atoms with E-state index in [1.807, 2.05) is 7.05 Å². The number of imidazole rings is 1. The second kappa shape index (κ2) is 4.50. The van der Waals surface area contributed by atoms with Gasteiger partial charge >= 0.3 is 0 Å². The molecule has 1 saturated heterocycles. The molecule has 0 unspecified atom stereocenters. The number of likely N-dealkylation sites (N-methyl/N-ethyl adjacent to an activating group) is 1. The number of nitrogens with one attached hydrogen (secondary N) is 2. The van der Waals surface area contributed by atoms with E-state index in [4.69, 9.17) is 0 Å². The Balaban J connectivity index is 2.00. The van der Waals surface area contributed by atoms with Gasteiger partial charge in [0.15, 0.2) is 5.03 Å². The fourth-order valence-corrected chi connectivity index (χ4v) is 2.54. The lowest BCUT2D eigenvalue weighted by molar-refractivity contribution is 0.134. The number of hydrogen-bond donors (Lipinski definition) is 2. The van der Waals surface area contributed by atoms with Gasteiger partial charge in [0.1, 0.15) is 0 Å². The molecule has 0 spiro atoms. The Morgan fingerprint density at radius 1 is 1.38 bits per heavy atom. The van der Waals surface area contributed by atoms with Gasteiger partial charge in [-0.1, -0.05) is 0 Å². The molecule has 0 aliphatic carbocycles. The summed E-state index contributed by atoms with van der Waals surface area (Å²) in [7, 11) is -1.48. The maximum atomic E-state index is 11.8. The van der Waals surface area contributed by atoms with Crippen LogP contribution in [0.3, 0.4) is 0 Å². The van der Waals surface area contributed by atoms with Crippen LogP contribution in [-0.2, 0) is 10.0 Å². The Hall–Kier alpha value is -0.960. The summed E-state index contributed by atoms with van der Waals surface area (Å²) >= 11 is 0. The van der Waals surface area contributed by atoms with Crippen molar-refractivity contribution in [1.82, 2.24) is 24.7 Å². The molecule has 1 aromatic rings. The van der Waals surface area contributed by atoms with Crippen LogP contribution in [-0.4, -0.2) is 61.5 Å². The number of aromatic amines is 1. The summed E-state index contributed by atoms with van der Waals surface area (Å²) in [4.78, 5) is 10.9. The van der Waals surface area contributed by atoms with Crippen LogP contribution in [0.25, 0.3) is 0 Å². The number of sulfonamides is 1. The molecule has 2 N–H and O–H groups in total. The highest BCUT2D eigenvalue weighted by molar-refractivity contribution is 7.89. The van der Waals surface area contributed by atoms with E-state index in [1.165, 1.54) is 12.5 Å². The molecule has 0 bridgehead atoms. The van der Waals surface area contributed by atoms with Gasteiger partial charge in [0, 0.05) is 26.2 Å². The summed E-state index contributed by atoms with van der Waals surface area (Å²) in [6.07, 6.45) is 2.64. The van der Waals surface area contributed by atoms with E-state index in [1.54, 1.807) is 5.01 Å². The third-order valence-corrected chi connectivity index (χ3v) is 3.82. The summed E-state index contributed by atoms with van der Waals surface area (Å²) in [6.45, 7) is 3.07. The molecule has 8 heteroatoms. The molecule has 0 aromatic carbocycles. The average molecular weight is 245 g/mol. The Morgan fingerprint density at radius 3 is 2.62 bits per heavy atom. The monoisotopic (exact) mass is 245 g/mol. The summed E-state index contributed by atoms with van der Waals surface area (Å²) in [5, 5.41) is 1.79. The molecule has 0 atom stereocenters. The molecular weight excluding hydrogens is 230 g/mol. The normalized spacial score (nSPS) is 20.1. The van der Waals surface area contributed by atoms with Gasteiger partial charge in [-0.05, 0) is 7.05 Å². The van der Waals surface area contributed by atoms with Gasteiger partial charge in [-0.3, -0.25) is 0 Å². The largest absolute Gasteiger partial charge is 0.335 e. The highest BCUT2D eigenvalue weighted by Crippen LogP contribution is 2.04. The van der Waals surface area contributed by atoms with E-state index in [0.717, 1.165) is 13.1 Å². The maximum absolute atomic E-state index is 11.8. The van der Waals surface area contributed by atoms with E-state index in [9.17, 15) is 8.42 Å². The van der Waals surface area contributed by atoms with Gasteiger partial charge in [0.05, 0.1) is 12.5 Å². The SMILES string of the molecule is CN1CCN(NS(=O)(=O)c2cnc[nH]2)CC1. The number of hydrogen-bond acceptors (Lipinski definition) is 5. The highest BCUT2D eigenvalue weighted by Gasteiger charge is 2.21. The minimum absolute atomic E-state index is 0.0893. The van der Waals surface area contributed by atoms with Crippen molar-refractivity contribution in [1.29, 1.82) is 0 Å². The van der Waals surface area contributed by atoms with Crippen LogP contribution in [0.5, 0.6) is 0 Å². The fourth-order valence-electron chi connectivity index (χ4n) is 1.51. The van der Waals surface area contributed by atoms with Gasteiger partial charge in [0.25, 0.3) is 10.0 Å². The predicted molar refractivity (Wildman–Crippen MR) is 58.0 cm³/mol. The smallest absolute Gasteiger partial charge is 0.270 e. The second-order valence-corrected chi connectivity index (χ2v) is 5.43. The summed E-state index contributed by atoms with van der Waals surface area (Å²) in [5.74, 6) is 0. The highest BCUT2D eigenvalue weighted by atomic mass is 32.2. The minimum Gasteiger partial charge on any atom is -0.335 e. The van der Waals surface area contributed by atoms with Crippen LogP contribution in [0, 0.1) is 0 Å². The van der Waals surface area contributed by atoms with Crippen molar-refractivity contribution >= 4 is 10.0 Å². The number of H-pyrrole nitrogens is 1. The molecule has 1 aliphatic rings. The lowest BCUT2D eigenvalue weighted by Crippen LogP contribution is -2.52. The zero-order chi connectivity index (χ0) is 11.6. The van der Waals surface area contributed by atoms with Crippen molar-refractivity contribution in [3.8, 4) is 0 Å². The number of rotatable bonds is 3. The molecular formula is C8H15N5O2S. The van der Waals surface area contributed by atoms with Crippen molar-refractivity contribution in [3.05, 3.63) is 12.5 Å². The quantitative estimate of drug-likeness (QED) is 0.703. The molecule has 7 nitrogen and oxygen atoms in total. The maximum Gasteiger partial charge on any atom is 0.270 e. The van der Waals surface area contributed by atoms with Crippen LogP contribution >= 0.6 is 0 Å². The minimum atomic E-state index is -3.49. The Kier molecular flexibility index (Phi) is 3.24. The number of nitrogens with zero attached hydrogens (tertiary/aromatic N) is 3. The first kappa shape index (κ1) is 11.5. The molecule has 1 aliphatic heterocycles. The first-order valence-electron chi connectivity index (χ1n) is 5.02. The fraction of sp³-hybridized carbons (Fsp3) is 0.625. The van der Waals surface area contributed by atoms with Crippen LogP contribution < -0.4 is 4.83 Å². The van der Waals surface area contributed by atoms with Crippen molar-refractivity contribution in [2.75, 3.05) is 33.2 Å². The van der Waals surface area contributed by atoms with Crippen LogP contribution in [0.4, 0.5) is 0 Å². The molecule has 90 valence electrons. The van der Waals surface area contributed by atoms with E-state index in [0.29, 0.717) is 13.1 Å². The van der Waals surface area contributed by atoms with Gasteiger partial charge in [-0.15, -0.1) is 4.83 Å². The van der Waals surface area contributed by atoms with Crippen molar-refractivity contribution < 1.29 is 8.42 Å². The van der Waals surface area contributed by atoms with Gasteiger partial charge in [-0.2, -0.15) is 0 Å². The third-order valence-electron chi connectivity index (χ3n) is 2.52. The molecule has 16 heavy (non-hydrogen) atoms. The van der Waals surface area contributed by atoms with E-state index >= 15 is 0 Å². The third kappa shape index (κ3) is 2.59. The molecule has 0 saturated carbocycles. The zero-order valence-electron chi connectivity index (χ0n) is 9.05. The van der Waals surface area contributed by atoms with E-state index in [2.05, 4.69) is 19.7 Å². The molecule has 2 rings (SSSR count). The van der Waals surface area contributed by atoms with Crippen molar-refractivity contribution in [2.45, 2.75) is 5.03 Å². The number of piperazine rings is 1. The summed E-state index contributed by atoms with van der Waals surface area (Å²) in [5.41, 5.74) is 0. The van der Waals surface area contributed by atoms with E-state index < -0.39 is 10.0 Å². The molecule has 2 heterocycles. The molecule has 1 aromatic heterocycles. The summed E-state index contributed by atoms with van der Waals surface area (Å²) in [6, 6.07) is 0. The first-order valence-corrected chi connectivity index (χ1v) is 6.50.